The van der Waals surface area contributed by atoms with Gasteiger partial charge < -0.3 is 10.2 Å². The number of nitriles is 1. The second kappa shape index (κ2) is 6.44. The third kappa shape index (κ3) is 3.17. The number of nitrogens with zero attached hydrogens (tertiary/aromatic N) is 4. The molecule has 1 aliphatic heterocycles. The summed E-state index contributed by atoms with van der Waals surface area (Å²) in [5.74, 6) is 2.27. The fraction of sp³-hybridized carbons (Fsp3) is 0.353. The Morgan fingerprint density at radius 3 is 3.09 bits per heavy atom. The van der Waals surface area contributed by atoms with E-state index in [2.05, 4.69) is 26.3 Å². The SMILES string of the molecule is Cc1cccc(NCC2CCN(c3ncccc3C#N)C2)n1. The fourth-order valence-corrected chi connectivity index (χ4v) is 2.82. The molecule has 112 valence electrons. The lowest BCUT2D eigenvalue weighted by Gasteiger charge is -2.18. The van der Waals surface area contributed by atoms with Gasteiger partial charge in [-0.1, -0.05) is 6.07 Å². The largest absolute Gasteiger partial charge is 0.370 e. The highest BCUT2D eigenvalue weighted by molar-refractivity contribution is 5.54. The van der Waals surface area contributed by atoms with Gasteiger partial charge in [-0.2, -0.15) is 5.26 Å². The lowest BCUT2D eigenvalue weighted by atomic mass is 10.1. The first kappa shape index (κ1) is 14.3. The highest BCUT2D eigenvalue weighted by Gasteiger charge is 2.24. The van der Waals surface area contributed by atoms with Gasteiger partial charge in [-0.15, -0.1) is 0 Å². The van der Waals surface area contributed by atoms with Crippen LogP contribution < -0.4 is 10.2 Å². The maximum absolute atomic E-state index is 9.19. The summed E-state index contributed by atoms with van der Waals surface area (Å²) in [6.45, 7) is 4.75. The molecular formula is C17H19N5. The second-order valence-electron chi connectivity index (χ2n) is 5.63. The first-order valence-electron chi connectivity index (χ1n) is 7.54. The maximum atomic E-state index is 9.19. The summed E-state index contributed by atoms with van der Waals surface area (Å²) >= 11 is 0. The Labute approximate surface area is 130 Å². The van der Waals surface area contributed by atoms with E-state index >= 15 is 0 Å². The average molecular weight is 293 g/mol. The molecule has 0 spiro atoms. The van der Waals surface area contributed by atoms with E-state index in [1.54, 1.807) is 12.3 Å². The summed E-state index contributed by atoms with van der Waals surface area (Å²) in [6.07, 6.45) is 2.85. The molecule has 1 saturated heterocycles. The van der Waals surface area contributed by atoms with Crippen LogP contribution in [0.5, 0.6) is 0 Å². The van der Waals surface area contributed by atoms with Gasteiger partial charge in [0, 0.05) is 31.5 Å². The predicted molar refractivity (Wildman–Crippen MR) is 86.7 cm³/mol. The first-order chi connectivity index (χ1) is 10.8. The van der Waals surface area contributed by atoms with Crippen LogP contribution in [0.25, 0.3) is 0 Å². The van der Waals surface area contributed by atoms with E-state index < -0.39 is 0 Å². The van der Waals surface area contributed by atoms with Crippen LogP contribution in [0.15, 0.2) is 36.5 Å². The Bertz CT molecular complexity index is 691. The number of nitrogens with one attached hydrogen (secondary N) is 1. The van der Waals surface area contributed by atoms with Crippen molar-refractivity contribution in [3.05, 3.63) is 47.8 Å². The Morgan fingerprint density at radius 1 is 1.36 bits per heavy atom. The summed E-state index contributed by atoms with van der Waals surface area (Å²) < 4.78 is 0. The molecule has 0 bridgehead atoms. The highest BCUT2D eigenvalue weighted by atomic mass is 15.2. The number of pyridine rings is 2. The smallest absolute Gasteiger partial charge is 0.146 e. The molecule has 1 atom stereocenters. The standard InChI is InChI=1S/C17H19N5/c1-13-4-2-6-16(21-13)20-11-14-7-9-22(12-14)17-15(10-18)5-3-8-19-17/h2-6,8,14H,7,9,11-12H2,1H3,(H,20,21). The summed E-state index contributed by atoms with van der Waals surface area (Å²) in [4.78, 5) is 11.0. The Hall–Kier alpha value is -2.61. The molecule has 0 amide bonds. The Kier molecular flexibility index (Phi) is 4.19. The molecular weight excluding hydrogens is 274 g/mol. The monoisotopic (exact) mass is 293 g/mol. The molecule has 1 aliphatic rings. The third-order valence-corrected chi connectivity index (χ3v) is 3.95. The zero-order valence-corrected chi connectivity index (χ0v) is 12.7. The van der Waals surface area contributed by atoms with Crippen LogP contribution in [0.2, 0.25) is 0 Å². The molecule has 1 unspecified atom stereocenters. The minimum absolute atomic E-state index is 0.538. The minimum Gasteiger partial charge on any atom is -0.370 e. The molecule has 2 aromatic heterocycles. The van der Waals surface area contributed by atoms with Crippen LogP contribution in [0, 0.1) is 24.2 Å². The van der Waals surface area contributed by atoms with Gasteiger partial charge in [0.25, 0.3) is 0 Å². The van der Waals surface area contributed by atoms with Crippen LogP contribution in [-0.2, 0) is 0 Å². The van der Waals surface area contributed by atoms with Gasteiger partial charge in [-0.3, -0.25) is 0 Å². The van der Waals surface area contributed by atoms with Crippen molar-refractivity contribution < 1.29 is 0 Å². The molecule has 0 saturated carbocycles. The van der Waals surface area contributed by atoms with Crippen molar-refractivity contribution in [3.63, 3.8) is 0 Å². The Balaban J connectivity index is 1.60. The first-order valence-corrected chi connectivity index (χ1v) is 7.54. The quantitative estimate of drug-likeness (QED) is 0.938. The van der Waals surface area contributed by atoms with E-state index in [1.807, 2.05) is 31.2 Å². The van der Waals surface area contributed by atoms with Gasteiger partial charge in [0.2, 0.25) is 0 Å². The van der Waals surface area contributed by atoms with Gasteiger partial charge in [0.15, 0.2) is 0 Å². The van der Waals surface area contributed by atoms with E-state index in [1.165, 1.54) is 0 Å². The van der Waals surface area contributed by atoms with Crippen LogP contribution >= 0.6 is 0 Å². The molecule has 1 N–H and O–H groups in total. The summed E-state index contributed by atoms with van der Waals surface area (Å²) in [7, 11) is 0. The van der Waals surface area contributed by atoms with Crippen LogP contribution in [0.4, 0.5) is 11.6 Å². The predicted octanol–water partition coefficient (Wildman–Crippen LogP) is 2.60. The van der Waals surface area contributed by atoms with E-state index in [0.717, 1.165) is 43.4 Å². The lowest BCUT2D eigenvalue weighted by Crippen LogP contribution is -2.24. The average Bonchev–Trinajstić information content (AvgIpc) is 3.02. The zero-order valence-electron chi connectivity index (χ0n) is 12.7. The van der Waals surface area contributed by atoms with Crippen molar-refractivity contribution in [2.24, 2.45) is 5.92 Å². The molecule has 5 nitrogen and oxygen atoms in total. The van der Waals surface area contributed by atoms with Crippen molar-refractivity contribution in [1.29, 1.82) is 5.26 Å². The molecule has 5 heteroatoms. The van der Waals surface area contributed by atoms with Gasteiger partial charge in [-0.05, 0) is 43.5 Å². The van der Waals surface area contributed by atoms with Crippen LogP contribution in [0.3, 0.4) is 0 Å². The molecule has 0 radical (unpaired) electrons. The zero-order chi connectivity index (χ0) is 15.4. The third-order valence-electron chi connectivity index (χ3n) is 3.95. The van der Waals surface area contributed by atoms with E-state index in [0.29, 0.717) is 11.5 Å². The van der Waals surface area contributed by atoms with E-state index in [4.69, 9.17) is 0 Å². The molecule has 22 heavy (non-hydrogen) atoms. The van der Waals surface area contributed by atoms with Gasteiger partial charge in [0.05, 0.1) is 5.56 Å². The number of aryl methyl sites for hydroxylation is 1. The number of hydrogen-bond donors (Lipinski definition) is 1. The number of hydrogen-bond acceptors (Lipinski definition) is 5. The Morgan fingerprint density at radius 2 is 2.27 bits per heavy atom. The van der Waals surface area contributed by atoms with Gasteiger partial charge >= 0.3 is 0 Å². The normalized spacial score (nSPS) is 17.3. The number of rotatable bonds is 4. The van der Waals surface area contributed by atoms with E-state index in [9.17, 15) is 5.26 Å². The van der Waals surface area contributed by atoms with Gasteiger partial charge in [-0.25, -0.2) is 9.97 Å². The summed E-state index contributed by atoms with van der Waals surface area (Å²) in [5.41, 5.74) is 1.67. The second-order valence-corrected chi connectivity index (χ2v) is 5.63. The molecule has 0 aliphatic carbocycles. The maximum Gasteiger partial charge on any atom is 0.146 e. The van der Waals surface area contributed by atoms with Gasteiger partial charge in [0.1, 0.15) is 17.7 Å². The molecule has 3 rings (SSSR count). The van der Waals surface area contributed by atoms with E-state index in [-0.39, 0.29) is 0 Å². The molecule has 2 aromatic rings. The molecule has 0 aromatic carbocycles. The molecule has 1 fully saturated rings. The minimum atomic E-state index is 0.538. The topological polar surface area (TPSA) is 64.8 Å². The van der Waals surface area contributed by atoms with Crippen molar-refractivity contribution in [2.45, 2.75) is 13.3 Å². The van der Waals surface area contributed by atoms with Crippen LogP contribution in [0.1, 0.15) is 17.7 Å². The van der Waals surface area contributed by atoms with Crippen molar-refractivity contribution in [1.82, 2.24) is 9.97 Å². The highest BCUT2D eigenvalue weighted by Crippen LogP contribution is 2.24. The fourth-order valence-electron chi connectivity index (χ4n) is 2.82. The molecule has 3 heterocycles. The van der Waals surface area contributed by atoms with Crippen molar-refractivity contribution in [2.75, 3.05) is 29.9 Å². The lowest BCUT2D eigenvalue weighted by molar-refractivity contribution is 0.620. The summed E-state index contributed by atoms with van der Waals surface area (Å²) in [5, 5.41) is 12.6. The summed E-state index contributed by atoms with van der Waals surface area (Å²) in [6, 6.07) is 11.8. The number of anilines is 2. The number of aromatic nitrogens is 2. The van der Waals surface area contributed by atoms with Crippen LogP contribution in [-0.4, -0.2) is 29.6 Å². The van der Waals surface area contributed by atoms with Crippen molar-refractivity contribution in [3.8, 4) is 6.07 Å². The van der Waals surface area contributed by atoms with Crippen molar-refractivity contribution >= 4 is 11.6 Å².